The van der Waals surface area contributed by atoms with Crippen LogP contribution in [0.3, 0.4) is 0 Å². The van der Waals surface area contributed by atoms with Crippen molar-refractivity contribution in [3.8, 4) is 5.75 Å². The van der Waals surface area contributed by atoms with Crippen LogP contribution >= 0.6 is 0 Å². The highest BCUT2D eigenvalue weighted by Gasteiger charge is 2.40. The van der Waals surface area contributed by atoms with E-state index in [4.69, 9.17) is 4.74 Å². The molecule has 0 saturated heterocycles. The standard InChI is InChI=1S/C23H29FN2O4S/c1-5-23(6-2)15-20(19-12-7-8-13-21(19)30-23)25-22(27)16(3)26(31(4,28)29)18-11-9-10-17(24)14-18/h7-14,16,20H,5-6,15H2,1-4H3,(H,25,27)/t16-,20+/m1/s1. The zero-order chi connectivity index (χ0) is 22.8. The number of nitrogens with zero attached hydrogens (tertiary/aromatic N) is 1. The summed E-state index contributed by atoms with van der Waals surface area (Å²) in [6, 6.07) is 11.4. The summed E-state index contributed by atoms with van der Waals surface area (Å²) in [6.07, 6.45) is 3.13. The highest BCUT2D eigenvalue weighted by molar-refractivity contribution is 7.92. The third kappa shape index (κ3) is 4.84. The Balaban J connectivity index is 1.91. The summed E-state index contributed by atoms with van der Waals surface area (Å²) < 4.78 is 45.9. The summed E-state index contributed by atoms with van der Waals surface area (Å²) in [5, 5.41) is 3.02. The lowest BCUT2D eigenvalue weighted by molar-refractivity contribution is -0.123. The zero-order valence-electron chi connectivity index (χ0n) is 18.3. The fraction of sp³-hybridized carbons (Fsp3) is 0.435. The molecule has 1 amide bonds. The smallest absolute Gasteiger partial charge is 0.244 e. The largest absolute Gasteiger partial charge is 0.487 e. The Bertz CT molecular complexity index is 1050. The van der Waals surface area contributed by atoms with Crippen LogP contribution in [0.1, 0.15) is 51.6 Å². The molecular formula is C23H29FN2O4S. The summed E-state index contributed by atoms with van der Waals surface area (Å²) in [5.41, 5.74) is 0.556. The fourth-order valence-electron chi connectivity index (χ4n) is 4.14. The van der Waals surface area contributed by atoms with Gasteiger partial charge in [-0.3, -0.25) is 9.10 Å². The number of nitrogens with one attached hydrogen (secondary N) is 1. The molecule has 1 aliphatic heterocycles. The van der Waals surface area contributed by atoms with Crippen LogP contribution < -0.4 is 14.4 Å². The molecule has 0 fully saturated rings. The lowest BCUT2D eigenvalue weighted by Crippen LogP contribution is -2.51. The van der Waals surface area contributed by atoms with Gasteiger partial charge in [-0.25, -0.2) is 12.8 Å². The van der Waals surface area contributed by atoms with Crippen molar-refractivity contribution >= 4 is 21.6 Å². The van der Waals surface area contributed by atoms with Crippen LogP contribution in [0.15, 0.2) is 48.5 Å². The third-order valence-corrected chi connectivity index (χ3v) is 7.20. The maximum absolute atomic E-state index is 13.7. The minimum atomic E-state index is -3.83. The van der Waals surface area contributed by atoms with E-state index >= 15 is 0 Å². The number of ether oxygens (including phenoxy) is 1. The molecule has 1 heterocycles. The molecule has 1 N–H and O–H groups in total. The quantitative estimate of drug-likeness (QED) is 0.690. The number of hydrogen-bond donors (Lipinski definition) is 1. The molecule has 2 atom stereocenters. The van der Waals surface area contributed by atoms with E-state index < -0.39 is 33.4 Å². The second kappa shape index (κ2) is 8.86. The van der Waals surface area contributed by atoms with Gasteiger partial charge in [-0.1, -0.05) is 38.1 Å². The fourth-order valence-corrected chi connectivity index (χ4v) is 5.31. The maximum Gasteiger partial charge on any atom is 0.244 e. The first-order valence-electron chi connectivity index (χ1n) is 10.4. The first-order chi connectivity index (χ1) is 14.6. The number of sulfonamides is 1. The number of rotatable bonds is 7. The topological polar surface area (TPSA) is 75.7 Å². The lowest BCUT2D eigenvalue weighted by atomic mass is 9.83. The second-order valence-corrected chi connectivity index (χ2v) is 9.87. The molecule has 0 saturated carbocycles. The molecule has 0 spiro atoms. The van der Waals surface area contributed by atoms with E-state index in [9.17, 15) is 17.6 Å². The normalized spacial score (nSPS) is 18.4. The van der Waals surface area contributed by atoms with Gasteiger partial charge in [0, 0.05) is 12.0 Å². The highest BCUT2D eigenvalue weighted by Crippen LogP contribution is 2.42. The maximum atomic E-state index is 13.7. The molecule has 3 rings (SSSR count). The van der Waals surface area contributed by atoms with Crippen molar-refractivity contribution in [1.82, 2.24) is 5.32 Å². The Morgan fingerprint density at radius 2 is 1.90 bits per heavy atom. The van der Waals surface area contributed by atoms with E-state index in [0.717, 1.165) is 40.8 Å². The first-order valence-corrected chi connectivity index (χ1v) is 12.3. The van der Waals surface area contributed by atoms with Gasteiger partial charge < -0.3 is 10.1 Å². The van der Waals surface area contributed by atoms with Crippen LogP contribution in [-0.4, -0.2) is 32.2 Å². The van der Waals surface area contributed by atoms with Gasteiger partial charge in [0.05, 0.1) is 18.0 Å². The predicted molar refractivity (Wildman–Crippen MR) is 119 cm³/mol. The number of amides is 1. The van der Waals surface area contributed by atoms with Crippen LogP contribution in [0.4, 0.5) is 10.1 Å². The van der Waals surface area contributed by atoms with E-state index in [1.165, 1.54) is 25.1 Å². The SMILES string of the molecule is CCC1(CC)C[C@H](NC(=O)[C@@H](C)N(c2cccc(F)c2)S(C)(=O)=O)c2ccccc2O1. The molecule has 0 bridgehead atoms. The molecule has 31 heavy (non-hydrogen) atoms. The Morgan fingerprint density at radius 3 is 2.52 bits per heavy atom. The monoisotopic (exact) mass is 448 g/mol. The number of carbonyl (C=O) groups excluding carboxylic acids is 1. The molecule has 2 aromatic rings. The molecule has 2 aromatic carbocycles. The van der Waals surface area contributed by atoms with Crippen LogP contribution in [0.25, 0.3) is 0 Å². The van der Waals surface area contributed by atoms with Crippen LogP contribution in [-0.2, 0) is 14.8 Å². The summed E-state index contributed by atoms with van der Waals surface area (Å²) in [5.74, 6) is -0.314. The van der Waals surface area contributed by atoms with Gasteiger partial charge in [-0.15, -0.1) is 0 Å². The van der Waals surface area contributed by atoms with E-state index in [1.807, 2.05) is 38.1 Å². The van der Waals surface area contributed by atoms with Gasteiger partial charge in [0.15, 0.2) is 0 Å². The molecule has 1 aliphatic rings. The van der Waals surface area contributed by atoms with Crippen molar-refractivity contribution in [1.29, 1.82) is 0 Å². The minimum absolute atomic E-state index is 0.106. The van der Waals surface area contributed by atoms with Crippen molar-refractivity contribution in [2.75, 3.05) is 10.6 Å². The van der Waals surface area contributed by atoms with Gasteiger partial charge in [-0.05, 0) is 44.0 Å². The molecule has 0 aromatic heterocycles. The number of anilines is 1. The molecule has 8 heteroatoms. The van der Waals surface area contributed by atoms with Crippen molar-refractivity contribution in [3.63, 3.8) is 0 Å². The lowest BCUT2D eigenvalue weighted by Gasteiger charge is -2.42. The Kier molecular flexibility index (Phi) is 6.59. The highest BCUT2D eigenvalue weighted by atomic mass is 32.2. The Labute approximate surface area is 183 Å². The van der Waals surface area contributed by atoms with Crippen molar-refractivity contribution in [3.05, 3.63) is 59.9 Å². The average molecular weight is 449 g/mol. The summed E-state index contributed by atoms with van der Waals surface area (Å²) in [6.45, 7) is 5.60. The first kappa shape index (κ1) is 23.1. The summed E-state index contributed by atoms with van der Waals surface area (Å²) >= 11 is 0. The van der Waals surface area contributed by atoms with Gasteiger partial charge in [-0.2, -0.15) is 0 Å². The van der Waals surface area contributed by atoms with Crippen LogP contribution in [0.2, 0.25) is 0 Å². The number of benzene rings is 2. The summed E-state index contributed by atoms with van der Waals surface area (Å²) in [7, 11) is -3.83. The minimum Gasteiger partial charge on any atom is -0.487 e. The molecule has 0 aliphatic carbocycles. The number of carbonyl (C=O) groups is 1. The number of fused-ring (bicyclic) bond motifs is 1. The molecule has 0 radical (unpaired) electrons. The second-order valence-electron chi connectivity index (χ2n) is 8.01. The van der Waals surface area contributed by atoms with Crippen molar-refractivity contribution in [2.24, 2.45) is 0 Å². The van der Waals surface area contributed by atoms with Crippen molar-refractivity contribution < 1.29 is 22.3 Å². The van der Waals surface area contributed by atoms with Gasteiger partial charge in [0.2, 0.25) is 15.9 Å². The Hall–Kier alpha value is -2.61. The average Bonchev–Trinajstić information content (AvgIpc) is 2.72. The number of halogens is 1. The van der Waals surface area contributed by atoms with Crippen LogP contribution in [0.5, 0.6) is 5.75 Å². The van der Waals surface area contributed by atoms with E-state index in [2.05, 4.69) is 5.32 Å². The summed E-state index contributed by atoms with van der Waals surface area (Å²) in [4.78, 5) is 13.2. The van der Waals surface area contributed by atoms with E-state index in [1.54, 1.807) is 0 Å². The molecule has 6 nitrogen and oxygen atoms in total. The van der Waals surface area contributed by atoms with E-state index in [-0.39, 0.29) is 11.7 Å². The van der Waals surface area contributed by atoms with Crippen molar-refractivity contribution in [2.45, 2.75) is 57.7 Å². The van der Waals surface area contributed by atoms with Gasteiger partial charge >= 0.3 is 0 Å². The van der Waals surface area contributed by atoms with Gasteiger partial charge in [0.25, 0.3) is 0 Å². The predicted octanol–water partition coefficient (Wildman–Crippen LogP) is 4.18. The molecular weight excluding hydrogens is 419 g/mol. The van der Waals surface area contributed by atoms with E-state index in [0.29, 0.717) is 6.42 Å². The zero-order valence-corrected chi connectivity index (χ0v) is 19.1. The molecule has 0 unspecified atom stereocenters. The number of hydrogen-bond acceptors (Lipinski definition) is 4. The van der Waals surface area contributed by atoms with Gasteiger partial charge in [0.1, 0.15) is 23.2 Å². The molecule has 168 valence electrons. The van der Waals surface area contributed by atoms with Crippen LogP contribution in [0, 0.1) is 5.82 Å². The number of para-hydroxylation sites is 1. The third-order valence-electron chi connectivity index (χ3n) is 5.95. The Morgan fingerprint density at radius 1 is 1.23 bits per heavy atom.